The summed E-state index contributed by atoms with van der Waals surface area (Å²) in [6.45, 7) is 4.66. The van der Waals surface area contributed by atoms with Gasteiger partial charge in [0, 0.05) is 25.7 Å². The van der Waals surface area contributed by atoms with E-state index < -0.39 is 10.0 Å². The number of amides is 1. The van der Waals surface area contributed by atoms with Crippen molar-refractivity contribution in [1.29, 1.82) is 0 Å². The molecule has 3 rings (SSSR count). The summed E-state index contributed by atoms with van der Waals surface area (Å²) in [6.07, 6.45) is 1.56. The summed E-state index contributed by atoms with van der Waals surface area (Å²) in [4.78, 5) is 14.0. The molecule has 2 aromatic rings. The molecule has 0 unspecified atom stereocenters. The van der Waals surface area contributed by atoms with Crippen molar-refractivity contribution in [2.45, 2.75) is 31.6 Å². The van der Waals surface area contributed by atoms with Crippen LogP contribution in [-0.2, 0) is 14.8 Å². The topological polar surface area (TPSA) is 88.1 Å². The van der Waals surface area contributed by atoms with Gasteiger partial charge in [0.15, 0.2) is 6.61 Å². The Hall–Kier alpha value is -2.87. The van der Waals surface area contributed by atoms with E-state index in [4.69, 9.17) is 4.74 Å². The predicted octanol–water partition coefficient (Wildman–Crippen LogP) is 3.13. The molecule has 1 N–H and O–H groups in total. The minimum absolute atomic E-state index is 0.0923. The third-order valence-corrected chi connectivity index (χ3v) is 6.16. The average molecular weight is 416 g/mol. The van der Waals surface area contributed by atoms with Crippen LogP contribution in [0.1, 0.15) is 24.0 Å². The lowest BCUT2D eigenvalue weighted by Crippen LogP contribution is -2.21. The van der Waals surface area contributed by atoms with Gasteiger partial charge >= 0.3 is 0 Å². The summed E-state index contributed by atoms with van der Waals surface area (Å²) >= 11 is 0. The van der Waals surface area contributed by atoms with Crippen molar-refractivity contribution in [2.75, 3.05) is 25.5 Å². The predicted molar refractivity (Wildman–Crippen MR) is 113 cm³/mol. The van der Waals surface area contributed by atoms with Crippen LogP contribution in [0.25, 0.3) is 0 Å². The van der Waals surface area contributed by atoms with E-state index in [0.717, 1.165) is 24.1 Å². The van der Waals surface area contributed by atoms with Crippen molar-refractivity contribution in [3.63, 3.8) is 0 Å². The average Bonchev–Trinajstić information content (AvgIpc) is 3.07. The number of ether oxygens (including phenoxy) is 1. The van der Waals surface area contributed by atoms with Crippen LogP contribution in [-0.4, -0.2) is 45.3 Å². The molecule has 154 valence electrons. The van der Waals surface area contributed by atoms with Crippen LogP contribution in [0.3, 0.4) is 0 Å². The van der Waals surface area contributed by atoms with Crippen molar-refractivity contribution < 1.29 is 17.9 Å². The molecule has 2 aromatic carbocycles. The van der Waals surface area contributed by atoms with Gasteiger partial charge in [0.2, 0.25) is 0 Å². The first kappa shape index (κ1) is 20.9. The zero-order valence-electron chi connectivity index (χ0n) is 16.8. The minimum atomic E-state index is -3.77. The van der Waals surface area contributed by atoms with Gasteiger partial charge in [0.1, 0.15) is 11.6 Å². The van der Waals surface area contributed by atoms with Gasteiger partial charge in [-0.3, -0.25) is 4.79 Å². The number of benzene rings is 2. The van der Waals surface area contributed by atoms with E-state index in [2.05, 4.69) is 9.71 Å². The number of sulfonamides is 1. The second-order valence-electron chi connectivity index (χ2n) is 7.11. The molecular weight excluding hydrogens is 390 g/mol. The Balaban J connectivity index is 1.59. The van der Waals surface area contributed by atoms with E-state index in [9.17, 15) is 13.2 Å². The van der Waals surface area contributed by atoms with Gasteiger partial charge in [-0.15, -0.1) is 4.40 Å². The maximum absolute atomic E-state index is 12.5. The monoisotopic (exact) mass is 415 g/mol. The smallest absolute Gasteiger partial charge is 0.283 e. The van der Waals surface area contributed by atoms with Gasteiger partial charge in [-0.1, -0.05) is 6.07 Å². The van der Waals surface area contributed by atoms with Gasteiger partial charge in [-0.25, -0.2) is 0 Å². The third kappa shape index (κ3) is 5.35. The van der Waals surface area contributed by atoms with Gasteiger partial charge in [-0.05, 0) is 67.8 Å². The fourth-order valence-electron chi connectivity index (χ4n) is 2.96. The molecule has 7 nitrogen and oxygen atoms in total. The number of rotatable bonds is 6. The van der Waals surface area contributed by atoms with Crippen LogP contribution >= 0.6 is 0 Å². The van der Waals surface area contributed by atoms with Crippen molar-refractivity contribution in [1.82, 2.24) is 4.90 Å². The van der Waals surface area contributed by atoms with Gasteiger partial charge in [0.05, 0.1) is 4.90 Å². The fourth-order valence-corrected chi connectivity index (χ4v) is 4.05. The molecule has 0 aliphatic carbocycles. The molecule has 0 saturated carbocycles. The van der Waals surface area contributed by atoms with Crippen molar-refractivity contribution in [3.05, 3.63) is 53.6 Å². The third-order valence-electron chi connectivity index (χ3n) is 4.84. The Kier molecular flexibility index (Phi) is 6.22. The van der Waals surface area contributed by atoms with E-state index in [0.29, 0.717) is 23.7 Å². The zero-order valence-corrected chi connectivity index (χ0v) is 17.6. The molecule has 29 heavy (non-hydrogen) atoms. The molecule has 1 heterocycles. The van der Waals surface area contributed by atoms with Crippen LogP contribution < -0.4 is 10.1 Å². The number of carbonyl (C=O) groups is 1. The number of hydrogen-bond donors (Lipinski definition) is 1. The summed E-state index contributed by atoms with van der Waals surface area (Å²) in [5.74, 6) is 0.873. The fraction of sp³-hybridized carbons (Fsp3) is 0.333. The van der Waals surface area contributed by atoms with E-state index in [1.54, 1.807) is 12.1 Å². The number of nitrogens with one attached hydrogen (secondary N) is 1. The Morgan fingerprint density at radius 3 is 2.48 bits per heavy atom. The maximum atomic E-state index is 12.5. The number of aryl methyl sites for hydroxylation is 2. The first-order valence-corrected chi connectivity index (χ1v) is 10.8. The maximum Gasteiger partial charge on any atom is 0.283 e. The quantitative estimate of drug-likeness (QED) is 0.783. The lowest BCUT2D eigenvalue weighted by Gasteiger charge is -2.11. The highest BCUT2D eigenvalue weighted by atomic mass is 32.2. The second-order valence-corrected chi connectivity index (χ2v) is 8.72. The summed E-state index contributed by atoms with van der Waals surface area (Å²) in [6, 6.07) is 11.6. The molecule has 0 aromatic heterocycles. The second kappa shape index (κ2) is 8.65. The van der Waals surface area contributed by atoms with Crippen LogP contribution in [0.4, 0.5) is 5.69 Å². The molecule has 0 spiro atoms. The summed E-state index contributed by atoms with van der Waals surface area (Å²) in [5.41, 5.74) is 2.73. The number of anilines is 1. The Bertz CT molecular complexity index is 1030. The van der Waals surface area contributed by atoms with E-state index in [1.165, 1.54) is 12.1 Å². The van der Waals surface area contributed by atoms with E-state index in [1.807, 2.05) is 44.0 Å². The minimum Gasteiger partial charge on any atom is -0.484 e. The molecule has 0 bridgehead atoms. The molecule has 0 radical (unpaired) electrons. The molecule has 1 saturated heterocycles. The largest absolute Gasteiger partial charge is 0.484 e. The summed E-state index contributed by atoms with van der Waals surface area (Å²) in [5, 5.41) is 2.69. The zero-order chi connectivity index (χ0) is 21.0. The van der Waals surface area contributed by atoms with Crippen molar-refractivity contribution in [3.8, 4) is 5.75 Å². The van der Waals surface area contributed by atoms with Crippen molar-refractivity contribution >= 4 is 27.5 Å². The van der Waals surface area contributed by atoms with Crippen molar-refractivity contribution in [2.24, 2.45) is 4.40 Å². The van der Waals surface area contributed by atoms with Gasteiger partial charge in [-0.2, -0.15) is 8.42 Å². The van der Waals surface area contributed by atoms with E-state index in [-0.39, 0.29) is 17.4 Å². The number of hydrogen-bond acceptors (Lipinski definition) is 4. The van der Waals surface area contributed by atoms with Gasteiger partial charge < -0.3 is 15.0 Å². The number of carbonyl (C=O) groups excluding carboxylic acids is 1. The summed E-state index contributed by atoms with van der Waals surface area (Å²) < 4.78 is 34.4. The highest BCUT2D eigenvalue weighted by Gasteiger charge is 2.20. The standard InChI is InChI=1S/C21H25N3O4S/c1-15-6-9-18(13-16(15)2)28-14-21(25)22-17-7-10-19(11-8-17)29(26,27)23-20-5-4-12-24(20)3/h6-11,13H,4-5,12,14H2,1-3H3,(H,22,25)/b23-20-. The molecular formula is C21H25N3O4S. The number of nitrogens with zero attached hydrogens (tertiary/aromatic N) is 2. The van der Waals surface area contributed by atoms with Crippen LogP contribution in [0.2, 0.25) is 0 Å². The Morgan fingerprint density at radius 1 is 1.14 bits per heavy atom. The molecule has 8 heteroatoms. The summed E-state index contributed by atoms with van der Waals surface area (Å²) in [7, 11) is -1.93. The van der Waals surface area contributed by atoms with Crippen LogP contribution in [0.15, 0.2) is 51.8 Å². The SMILES string of the molecule is Cc1ccc(OCC(=O)Nc2ccc(S(=O)(=O)/N=C3/CCCN3C)cc2)cc1C. The highest BCUT2D eigenvalue weighted by molar-refractivity contribution is 7.90. The molecule has 1 fully saturated rings. The lowest BCUT2D eigenvalue weighted by molar-refractivity contribution is -0.118. The number of amidine groups is 1. The highest BCUT2D eigenvalue weighted by Crippen LogP contribution is 2.20. The molecule has 1 amide bonds. The van der Waals surface area contributed by atoms with Gasteiger partial charge in [0.25, 0.3) is 15.9 Å². The van der Waals surface area contributed by atoms with E-state index >= 15 is 0 Å². The number of likely N-dealkylation sites (tertiary alicyclic amines) is 1. The molecule has 1 aliphatic heterocycles. The lowest BCUT2D eigenvalue weighted by atomic mass is 10.1. The Labute approximate surface area is 171 Å². The first-order chi connectivity index (χ1) is 13.7. The normalized spacial score (nSPS) is 15.6. The van der Waals surface area contributed by atoms with Crippen LogP contribution in [0, 0.1) is 13.8 Å². The Morgan fingerprint density at radius 2 is 1.86 bits per heavy atom. The first-order valence-electron chi connectivity index (χ1n) is 9.39. The molecule has 1 aliphatic rings. The van der Waals surface area contributed by atoms with Crippen LogP contribution in [0.5, 0.6) is 5.75 Å². The molecule has 0 atom stereocenters.